The van der Waals surface area contributed by atoms with Gasteiger partial charge >= 0.3 is 0 Å². The third-order valence-corrected chi connectivity index (χ3v) is 3.66. The SMILES string of the molecule is CC1(C)CN(c2ncccc2Br)CC(CCl)O1. The Morgan fingerprint density at radius 2 is 2.41 bits per heavy atom. The molecule has 0 spiro atoms. The van der Waals surface area contributed by atoms with E-state index in [1.54, 1.807) is 6.20 Å². The summed E-state index contributed by atoms with van der Waals surface area (Å²) in [6.45, 7) is 5.75. The smallest absolute Gasteiger partial charge is 0.143 e. The fourth-order valence-corrected chi connectivity index (χ4v) is 2.81. The second kappa shape index (κ2) is 5.12. The summed E-state index contributed by atoms with van der Waals surface area (Å²) < 4.78 is 6.90. The molecular formula is C12H16BrClN2O. The van der Waals surface area contributed by atoms with Crippen molar-refractivity contribution in [1.29, 1.82) is 0 Å². The van der Waals surface area contributed by atoms with Crippen LogP contribution in [0.4, 0.5) is 5.82 Å². The van der Waals surface area contributed by atoms with Crippen LogP contribution in [-0.2, 0) is 4.74 Å². The second-order valence-corrected chi connectivity index (χ2v) is 6.01. The van der Waals surface area contributed by atoms with Crippen LogP contribution in [0.25, 0.3) is 0 Å². The summed E-state index contributed by atoms with van der Waals surface area (Å²) in [7, 11) is 0. The molecule has 2 heterocycles. The highest BCUT2D eigenvalue weighted by Gasteiger charge is 2.34. The molecule has 0 radical (unpaired) electrons. The van der Waals surface area contributed by atoms with Gasteiger partial charge in [0.1, 0.15) is 5.82 Å². The van der Waals surface area contributed by atoms with Crippen LogP contribution in [0.1, 0.15) is 13.8 Å². The fraction of sp³-hybridized carbons (Fsp3) is 0.583. The molecule has 0 N–H and O–H groups in total. The standard InChI is InChI=1S/C12H16BrClN2O/c1-12(2)8-16(7-9(6-14)17-12)11-10(13)4-3-5-15-11/h3-5,9H,6-8H2,1-2H3. The van der Waals surface area contributed by atoms with Gasteiger partial charge in [-0.05, 0) is 41.9 Å². The molecule has 0 aromatic carbocycles. The van der Waals surface area contributed by atoms with Crippen LogP contribution in [0.5, 0.6) is 0 Å². The molecule has 0 amide bonds. The molecule has 2 rings (SSSR count). The summed E-state index contributed by atoms with van der Waals surface area (Å²) >= 11 is 9.45. The minimum absolute atomic E-state index is 0.0503. The molecule has 5 heteroatoms. The van der Waals surface area contributed by atoms with Crippen molar-refractivity contribution in [3.05, 3.63) is 22.8 Å². The second-order valence-electron chi connectivity index (χ2n) is 4.84. The van der Waals surface area contributed by atoms with Gasteiger partial charge in [-0.2, -0.15) is 0 Å². The number of hydrogen-bond acceptors (Lipinski definition) is 3. The Hall–Kier alpha value is -0.320. The van der Waals surface area contributed by atoms with Crippen LogP contribution in [0.15, 0.2) is 22.8 Å². The van der Waals surface area contributed by atoms with Crippen molar-refractivity contribution in [2.45, 2.75) is 25.6 Å². The van der Waals surface area contributed by atoms with Gasteiger partial charge in [-0.3, -0.25) is 0 Å². The number of anilines is 1. The maximum Gasteiger partial charge on any atom is 0.143 e. The lowest BCUT2D eigenvalue weighted by molar-refractivity contribution is -0.0736. The number of halogens is 2. The molecule has 1 fully saturated rings. The highest BCUT2D eigenvalue weighted by molar-refractivity contribution is 9.10. The van der Waals surface area contributed by atoms with E-state index in [1.165, 1.54) is 0 Å². The van der Waals surface area contributed by atoms with E-state index in [1.807, 2.05) is 12.1 Å². The van der Waals surface area contributed by atoms with Gasteiger partial charge in [-0.25, -0.2) is 4.98 Å². The summed E-state index contributed by atoms with van der Waals surface area (Å²) in [6, 6.07) is 3.92. The normalized spacial score (nSPS) is 23.8. The first kappa shape index (κ1) is 13.1. The molecule has 94 valence electrons. The summed E-state index contributed by atoms with van der Waals surface area (Å²) in [5.41, 5.74) is -0.200. The van der Waals surface area contributed by atoms with E-state index in [0.717, 1.165) is 23.4 Å². The highest BCUT2D eigenvalue weighted by Crippen LogP contribution is 2.29. The number of aromatic nitrogens is 1. The van der Waals surface area contributed by atoms with Gasteiger partial charge in [-0.1, -0.05) is 0 Å². The zero-order chi connectivity index (χ0) is 12.5. The van der Waals surface area contributed by atoms with E-state index < -0.39 is 0 Å². The number of ether oxygens (including phenoxy) is 1. The average molecular weight is 320 g/mol. The van der Waals surface area contributed by atoms with E-state index in [0.29, 0.717) is 5.88 Å². The molecule has 1 aromatic heterocycles. The first-order chi connectivity index (χ1) is 8.02. The summed E-state index contributed by atoms with van der Waals surface area (Å²) in [5.74, 6) is 1.46. The lowest BCUT2D eigenvalue weighted by atomic mass is 10.1. The Balaban J connectivity index is 2.24. The zero-order valence-corrected chi connectivity index (χ0v) is 12.3. The molecular weight excluding hydrogens is 304 g/mol. The van der Waals surface area contributed by atoms with Crippen molar-refractivity contribution in [1.82, 2.24) is 4.98 Å². The van der Waals surface area contributed by atoms with Crippen LogP contribution in [0, 0.1) is 0 Å². The quantitative estimate of drug-likeness (QED) is 0.783. The molecule has 0 saturated carbocycles. The van der Waals surface area contributed by atoms with Crippen molar-refractivity contribution in [2.24, 2.45) is 0 Å². The molecule has 1 aliphatic heterocycles. The van der Waals surface area contributed by atoms with Gasteiger partial charge < -0.3 is 9.64 Å². The molecule has 0 aliphatic carbocycles. The van der Waals surface area contributed by atoms with Crippen LogP contribution >= 0.6 is 27.5 Å². The van der Waals surface area contributed by atoms with E-state index in [4.69, 9.17) is 16.3 Å². The van der Waals surface area contributed by atoms with Crippen LogP contribution in [-0.4, -0.2) is 35.7 Å². The molecule has 0 bridgehead atoms. The first-order valence-corrected chi connectivity index (χ1v) is 6.94. The number of alkyl halides is 1. The Labute approximate surface area is 115 Å². The molecule has 1 saturated heterocycles. The van der Waals surface area contributed by atoms with E-state index >= 15 is 0 Å². The molecule has 1 aromatic rings. The van der Waals surface area contributed by atoms with Crippen molar-refractivity contribution < 1.29 is 4.74 Å². The fourth-order valence-electron chi connectivity index (χ4n) is 2.15. The van der Waals surface area contributed by atoms with Crippen molar-refractivity contribution in [2.75, 3.05) is 23.9 Å². The van der Waals surface area contributed by atoms with Crippen LogP contribution in [0.2, 0.25) is 0 Å². The number of pyridine rings is 1. The van der Waals surface area contributed by atoms with Gasteiger partial charge in [0, 0.05) is 19.3 Å². The number of rotatable bonds is 2. The summed E-state index contributed by atoms with van der Waals surface area (Å²) in [6.07, 6.45) is 1.85. The summed E-state index contributed by atoms with van der Waals surface area (Å²) in [5, 5.41) is 0. The maximum absolute atomic E-state index is 5.92. The number of morpholine rings is 1. The largest absolute Gasteiger partial charge is 0.367 e. The van der Waals surface area contributed by atoms with E-state index in [2.05, 4.69) is 39.7 Å². The molecule has 1 aliphatic rings. The van der Waals surface area contributed by atoms with E-state index in [9.17, 15) is 0 Å². The van der Waals surface area contributed by atoms with E-state index in [-0.39, 0.29) is 11.7 Å². The van der Waals surface area contributed by atoms with Gasteiger partial charge in [0.25, 0.3) is 0 Å². The Morgan fingerprint density at radius 1 is 1.65 bits per heavy atom. The minimum Gasteiger partial charge on any atom is -0.367 e. The number of hydrogen-bond donors (Lipinski definition) is 0. The van der Waals surface area contributed by atoms with Crippen molar-refractivity contribution in [3.8, 4) is 0 Å². The lowest BCUT2D eigenvalue weighted by Crippen LogP contribution is -2.53. The lowest BCUT2D eigenvalue weighted by Gasteiger charge is -2.43. The molecule has 1 atom stereocenters. The third-order valence-electron chi connectivity index (χ3n) is 2.69. The highest BCUT2D eigenvalue weighted by atomic mass is 79.9. The van der Waals surface area contributed by atoms with Gasteiger partial charge in [-0.15, -0.1) is 11.6 Å². The molecule has 3 nitrogen and oxygen atoms in total. The van der Waals surface area contributed by atoms with Crippen LogP contribution in [0.3, 0.4) is 0 Å². The van der Waals surface area contributed by atoms with Gasteiger partial charge in [0.2, 0.25) is 0 Å². The van der Waals surface area contributed by atoms with Gasteiger partial charge in [0.05, 0.1) is 22.1 Å². The van der Waals surface area contributed by atoms with Crippen molar-refractivity contribution in [3.63, 3.8) is 0 Å². The van der Waals surface area contributed by atoms with Crippen molar-refractivity contribution >= 4 is 33.3 Å². The maximum atomic E-state index is 5.92. The monoisotopic (exact) mass is 318 g/mol. The predicted octanol–water partition coefficient (Wildman–Crippen LogP) is 3.07. The van der Waals surface area contributed by atoms with Gasteiger partial charge in [0.15, 0.2) is 0 Å². The Bertz CT molecular complexity index is 400. The first-order valence-electron chi connectivity index (χ1n) is 5.61. The topological polar surface area (TPSA) is 25.4 Å². The zero-order valence-electron chi connectivity index (χ0n) is 9.99. The Morgan fingerprint density at radius 3 is 3.06 bits per heavy atom. The minimum atomic E-state index is -0.200. The van der Waals surface area contributed by atoms with Crippen LogP contribution < -0.4 is 4.90 Å². The third kappa shape index (κ3) is 3.12. The molecule has 17 heavy (non-hydrogen) atoms. The summed E-state index contributed by atoms with van der Waals surface area (Å²) in [4.78, 5) is 6.64. The molecule has 1 unspecified atom stereocenters. The average Bonchev–Trinajstić information content (AvgIpc) is 2.27. The Kier molecular flexibility index (Phi) is 3.95. The number of nitrogens with zero attached hydrogens (tertiary/aromatic N) is 2. The predicted molar refractivity (Wildman–Crippen MR) is 73.8 cm³/mol.